The van der Waals surface area contributed by atoms with E-state index in [1.807, 2.05) is 0 Å². The van der Waals surface area contributed by atoms with Gasteiger partial charge >= 0.3 is 11.9 Å². The zero-order valence-corrected chi connectivity index (χ0v) is 9.24. The monoisotopic (exact) mass is 253 g/mol. The average molecular weight is 253 g/mol. The number of hydrogen-bond donors (Lipinski definition) is 2. The third-order valence-electron chi connectivity index (χ3n) is 2.36. The number of carbonyl (C=O) groups excluding carboxylic acids is 2. The molecule has 2 rings (SSSR count). The normalized spacial score (nSPS) is 19.0. The Balaban J connectivity index is 2.08. The van der Waals surface area contributed by atoms with E-state index in [0.29, 0.717) is 11.1 Å². The largest absolute Gasteiger partial charge is 0.436 e. The summed E-state index contributed by atoms with van der Waals surface area (Å²) >= 11 is 0. The molecule has 0 bridgehead atoms. The van der Waals surface area contributed by atoms with Crippen LogP contribution >= 0.6 is 0 Å². The first-order chi connectivity index (χ1) is 8.63. The minimum absolute atomic E-state index is 0.366. The fourth-order valence-electron chi connectivity index (χ4n) is 1.55. The van der Waals surface area contributed by atoms with Crippen LogP contribution in [0.5, 0.6) is 0 Å². The average Bonchev–Trinajstić information content (AvgIpc) is 2.67. The first-order valence-electron chi connectivity index (χ1n) is 5.12. The maximum atomic E-state index is 11.5. The van der Waals surface area contributed by atoms with E-state index in [0.717, 1.165) is 0 Å². The molecule has 1 aromatic carbocycles. The van der Waals surface area contributed by atoms with E-state index in [4.69, 9.17) is 20.3 Å². The Morgan fingerprint density at radius 3 is 2.94 bits per heavy atom. The number of rotatable bonds is 4. The van der Waals surface area contributed by atoms with Crippen LogP contribution in [0, 0.1) is 0 Å². The zero-order chi connectivity index (χ0) is 13.1. The summed E-state index contributed by atoms with van der Waals surface area (Å²) in [6.07, 6.45) is -2.49. The zero-order valence-electron chi connectivity index (χ0n) is 9.24. The van der Waals surface area contributed by atoms with E-state index in [1.54, 1.807) is 24.3 Å². The molecule has 0 aromatic heterocycles. The van der Waals surface area contributed by atoms with Gasteiger partial charge in [0, 0.05) is 5.56 Å². The van der Waals surface area contributed by atoms with E-state index in [1.165, 1.54) is 0 Å². The van der Waals surface area contributed by atoms with Gasteiger partial charge in [0.2, 0.25) is 12.5 Å². The highest BCUT2D eigenvalue weighted by Gasteiger charge is 2.34. The molecule has 7 heteroatoms. The topological polar surface area (TPSA) is 108 Å². The number of nitrogens with two attached hydrogens (primary N) is 1. The van der Waals surface area contributed by atoms with Crippen LogP contribution < -0.4 is 5.73 Å². The Hall–Kier alpha value is -1.96. The van der Waals surface area contributed by atoms with E-state index < -0.39 is 31.2 Å². The number of ether oxygens (including phenoxy) is 3. The molecule has 2 unspecified atom stereocenters. The van der Waals surface area contributed by atoms with Crippen LogP contribution in [0.25, 0.3) is 0 Å². The second-order valence-electron chi connectivity index (χ2n) is 3.47. The van der Waals surface area contributed by atoms with E-state index in [-0.39, 0.29) is 0 Å². The predicted octanol–water partition coefficient (Wildman–Crippen LogP) is -0.350. The Labute approximate surface area is 102 Å². The fourth-order valence-corrected chi connectivity index (χ4v) is 1.55. The number of aliphatic hydroxyl groups is 1. The molecular formula is C11H11NO6. The minimum atomic E-state index is -1.44. The van der Waals surface area contributed by atoms with Crippen LogP contribution in [0.2, 0.25) is 0 Å². The van der Waals surface area contributed by atoms with Crippen molar-refractivity contribution in [3.8, 4) is 0 Å². The molecule has 2 atom stereocenters. The summed E-state index contributed by atoms with van der Waals surface area (Å²) in [6.45, 7) is -0.795. The number of esters is 2. The second kappa shape index (κ2) is 5.13. The van der Waals surface area contributed by atoms with Crippen LogP contribution in [0.1, 0.15) is 22.2 Å². The van der Waals surface area contributed by atoms with Crippen molar-refractivity contribution >= 4 is 11.9 Å². The van der Waals surface area contributed by atoms with Crippen LogP contribution in [0.15, 0.2) is 24.3 Å². The van der Waals surface area contributed by atoms with Crippen molar-refractivity contribution in [1.82, 2.24) is 0 Å². The van der Waals surface area contributed by atoms with Crippen molar-refractivity contribution in [2.45, 2.75) is 12.5 Å². The SMILES string of the molecule is NC(OC1OC(=O)c2ccccc21)C(=O)OCO. The van der Waals surface area contributed by atoms with Gasteiger partial charge in [-0.2, -0.15) is 0 Å². The van der Waals surface area contributed by atoms with Gasteiger partial charge in [-0.25, -0.2) is 9.59 Å². The molecule has 0 amide bonds. The van der Waals surface area contributed by atoms with Gasteiger partial charge in [0.1, 0.15) is 0 Å². The van der Waals surface area contributed by atoms with Crippen molar-refractivity contribution < 1.29 is 28.9 Å². The summed E-state index contributed by atoms with van der Waals surface area (Å²) in [5.41, 5.74) is 6.25. The number of fused-ring (bicyclic) bond motifs is 1. The summed E-state index contributed by atoms with van der Waals surface area (Å²) in [6, 6.07) is 6.60. The van der Waals surface area contributed by atoms with Crippen molar-refractivity contribution in [2.24, 2.45) is 5.73 Å². The van der Waals surface area contributed by atoms with Crippen molar-refractivity contribution in [3.05, 3.63) is 35.4 Å². The number of cyclic esters (lactones) is 1. The van der Waals surface area contributed by atoms with Crippen molar-refractivity contribution in [2.75, 3.05) is 6.79 Å². The smallest absolute Gasteiger partial charge is 0.352 e. The van der Waals surface area contributed by atoms with Crippen LogP contribution in [0.3, 0.4) is 0 Å². The third-order valence-corrected chi connectivity index (χ3v) is 2.36. The number of aliphatic hydroxyl groups excluding tert-OH is 1. The maximum absolute atomic E-state index is 11.5. The lowest BCUT2D eigenvalue weighted by Gasteiger charge is -2.16. The van der Waals surface area contributed by atoms with E-state index >= 15 is 0 Å². The molecule has 0 saturated carbocycles. The predicted molar refractivity (Wildman–Crippen MR) is 56.8 cm³/mol. The maximum Gasteiger partial charge on any atom is 0.352 e. The lowest BCUT2D eigenvalue weighted by atomic mass is 10.1. The highest BCUT2D eigenvalue weighted by atomic mass is 16.7. The Bertz CT molecular complexity index is 474. The van der Waals surface area contributed by atoms with E-state index in [9.17, 15) is 9.59 Å². The molecule has 1 aromatic rings. The number of benzene rings is 1. The quantitative estimate of drug-likeness (QED) is 0.557. The minimum Gasteiger partial charge on any atom is -0.436 e. The Kier molecular flexibility index (Phi) is 3.56. The van der Waals surface area contributed by atoms with Gasteiger partial charge in [-0.3, -0.25) is 5.73 Å². The molecular weight excluding hydrogens is 242 g/mol. The molecule has 3 N–H and O–H groups in total. The van der Waals surface area contributed by atoms with E-state index in [2.05, 4.69) is 4.74 Å². The molecule has 18 heavy (non-hydrogen) atoms. The molecule has 0 aliphatic carbocycles. The van der Waals surface area contributed by atoms with Gasteiger partial charge in [0.25, 0.3) is 0 Å². The highest BCUT2D eigenvalue weighted by molar-refractivity contribution is 5.93. The number of carbonyl (C=O) groups is 2. The summed E-state index contributed by atoms with van der Waals surface area (Å²) in [5.74, 6) is -1.49. The second-order valence-corrected chi connectivity index (χ2v) is 3.47. The van der Waals surface area contributed by atoms with Gasteiger partial charge in [0.05, 0.1) is 5.56 Å². The van der Waals surface area contributed by atoms with Gasteiger partial charge in [-0.1, -0.05) is 18.2 Å². The first-order valence-corrected chi connectivity index (χ1v) is 5.12. The van der Waals surface area contributed by atoms with Gasteiger partial charge < -0.3 is 19.3 Å². The van der Waals surface area contributed by atoms with Crippen LogP contribution in [-0.2, 0) is 19.0 Å². The highest BCUT2D eigenvalue weighted by Crippen LogP contribution is 2.31. The Morgan fingerprint density at radius 1 is 1.50 bits per heavy atom. The first kappa shape index (κ1) is 12.5. The van der Waals surface area contributed by atoms with Gasteiger partial charge in [-0.15, -0.1) is 0 Å². The summed E-state index contributed by atoms with van der Waals surface area (Å²) in [5, 5.41) is 8.41. The lowest BCUT2D eigenvalue weighted by Crippen LogP contribution is -2.36. The van der Waals surface area contributed by atoms with Crippen LogP contribution in [0.4, 0.5) is 0 Å². The molecule has 1 heterocycles. The fraction of sp³-hybridized carbons (Fsp3) is 0.273. The molecule has 0 fully saturated rings. The van der Waals surface area contributed by atoms with Crippen molar-refractivity contribution in [3.63, 3.8) is 0 Å². The Morgan fingerprint density at radius 2 is 2.22 bits per heavy atom. The third kappa shape index (κ3) is 2.33. The van der Waals surface area contributed by atoms with Crippen LogP contribution in [-0.4, -0.2) is 30.1 Å². The molecule has 7 nitrogen and oxygen atoms in total. The molecule has 1 aliphatic heterocycles. The van der Waals surface area contributed by atoms with Crippen molar-refractivity contribution in [1.29, 1.82) is 0 Å². The number of hydrogen-bond acceptors (Lipinski definition) is 7. The van der Waals surface area contributed by atoms with Gasteiger partial charge in [0.15, 0.2) is 6.79 Å². The molecule has 0 saturated heterocycles. The molecule has 0 spiro atoms. The molecule has 0 radical (unpaired) electrons. The molecule has 96 valence electrons. The van der Waals surface area contributed by atoms with Gasteiger partial charge in [-0.05, 0) is 6.07 Å². The molecule has 1 aliphatic rings. The summed E-state index contributed by atoms with van der Waals surface area (Å²) in [7, 11) is 0. The summed E-state index contributed by atoms with van der Waals surface area (Å²) in [4.78, 5) is 22.6. The standard InChI is InChI=1S/C11H11NO6/c12-8(10(15)16-5-13)17-11-7-4-2-1-3-6(7)9(14)18-11/h1-4,8,11,13H,5,12H2. The summed E-state index contributed by atoms with van der Waals surface area (Å²) < 4.78 is 14.2. The lowest BCUT2D eigenvalue weighted by molar-refractivity contribution is -0.185.